The van der Waals surface area contributed by atoms with Crippen LogP contribution in [-0.4, -0.2) is 39.9 Å². The normalized spacial score (nSPS) is 22.5. The van der Waals surface area contributed by atoms with E-state index in [4.69, 9.17) is 0 Å². The number of hydrogen-bond acceptors (Lipinski definition) is 4. The lowest BCUT2D eigenvalue weighted by Gasteiger charge is -2.38. The fourth-order valence-electron chi connectivity index (χ4n) is 2.93. The molecule has 0 radical (unpaired) electrons. The molecule has 5 nitrogen and oxygen atoms in total. The Morgan fingerprint density at radius 2 is 2.14 bits per heavy atom. The predicted octanol–water partition coefficient (Wildman–Crippen LogP) is 2.28. The molecule has 1 saturated heterocycles. The highest BCUT2D eigenvalue weighted by atomic mass is 16.4. The third-order valence-corrected chi connectivity index (χ3v) is 3.91. The molecule has 0 spiro atoms. The molecule has 2 heterocycles. The van der Waals surface area contributed by atoms with Gasteiger partial charge in [-0.25, -0.2) is 9.78 Å². The molecule has 1 atom stereocenters. The Kier molecular flexibility index (Phi) is 3.29. The van der Waals surface area contributed by atoms with Crippen LogP contribution in [0.2, 0.25) is 0 Å². The molecule has 0 amide bonds. The Balaban J connectivity index is 2.13. The first-order valence-electron chi connectivity index (χ1n) is 7.07. The molecule has 5 heteroatoms. The number of pyridine rings is 1. The molecule has 1 aromatic carbocycles. The van der Waals surface area contributed by atoms with Crippen molar-refractivity contribution in [2.75, 3.05) is 18.0 Å². The van der Waals surface area contributed by atoms with Gasteiger partial charge in [-0.05, 0) is 31.2 Å². The second-order valence-electron chi connectivity index (χ2n) is 5.88. The molecule has 0 saturated carbocycles. The third kappa shape index (κ3) is 2.69. The average Bonchev–Trinajstić information content (AvgIpc) is 2.45. The number of fused-ring (bicyclic) bond motifs is 1. The maximum Gasteiger partial charge on any atom is 0.354 e. The zero-order chi connectivity index (χ0) is 15.0. The second kappa shape index (κ2) is 5.00. The van der Waals surface area contributed by atoms with E-state index >= 15 is 0 Å². The minimum atomic E-state index is -1.04. The van der Waals surface area contributed by atoms with Crippen LogP contribution in [-0.2, 0) is 0 Å². The van der Waals surface area contributed by atoms with Crippen LogP contribution in [0.1, 0.15) is 30.3 Å². The first-order valence-corrected chi connectivity index (χ1v) is 7.07. The highest BCUT2D eigenvalue weighted by Gasteiger charge is 2.30. The van der Waals surface area contributed by atoms with Crippen molar-refractivity contribution in [1.82, 2.24) is 4.98 Å². The second-order valence-corrected chi connectivity index (χ2v) is 5.88. The van der Waals surface area contributed by atoms with Crippen LogP contribution >= 0.6 is 0 Å². The van der Waals surface area contributed by atoms with E-state index in [1.54, 1.807) is 6.07 Å². The van der Waals surface area contributed by atoms with Gasteiger partial charge in [0.25, 0.3) is 0 Å². The standard InChI is InChI=1S/C16H18N2O3/c1-16(21)7-4-8-18(10-16)14-12-6-3-2-5-11(12)9-13(17-14)15(19)20/h2-3,5-6,9,21H,4,7-8,10H2,1H3,(H,19,20). The molecular weight excluding hydrogens is 268 g/mol. The van der Waals surface area contributed by atoms with E-state index in [1.807, 2.05) is 36.1 Å². The number of benzene rings is 1. The first kappa shape index (κ1) is 13.8. The summed E-state index contributed by atoms with van der Waals surface area (Å²) >= 11 is 0. The van der Waals surface area contributed by atoms with E-state index in [9.17, 15) is 15.0 Å². The molecule has 1 aliphatic heterocycles. The van der Waals surface area contributed by atoms with Crippen LogP contribution in [0.4, 0.5) is 5.82 Å². The van der Waals surface area contributed by atoms with E-state index in [1.165, 1.54) is 0 Å². The van der Waals surface area contributed by atoms with Gasteiger partial charge in [-0.1, -0.05) is 24.3 Å². The van der Waals surface area contributed by atoms with Crippen LogP contribution < -0.4 is 4.90 Å². The van der Waals surface area contributed by atoms with Gasteiger partial charge in [0.1, 0.15) is 5.82 Å². The van der Waals surface area contributed by atoms with Gasteiger partial charge in [0.15, 0.2) is 5.69 Å². The average molecular weight is 286 g/mol. The van der Waals surface area contributed by atoms with E-state index in [-0.39, 0.29) is 5.69 Å². The number of anilines is 1. The number of hydrogen-bond donors (Lipinski definition) is 2. The van der Waals surface area contributed by atoms with Crippen molar-refractivity contribution in [3.05, 3.63) is 36.0 Å². The fourth-order valence-corrected chi connectivity index (χ4v) is 2.93. The number of piperidine rings is 1. The van der Waals surface area contributed by atoms with Crippen molar-refractivity contribution in [1.29, 1.82) is 0 Å². The molecule has 2 N–H and O–H groups in total. The van der Waals surface area contributed by atoms with Gasteiger partial charge in [0, 0.05) is 18.5 Å². The van der Waals surface area contributed by atoms with Crippen molar-refractivity contribution in [2.24, 2.45) is 0 Å². The molecule has 21 heavy (non-hydrogen) atoms. The Labute approximate surface area is 122 Å². The highest BCUT2D eigenvalue weighted by Crippen LogP contribution is 2.30. The number of aliphatic hydroxyl groups is 1. The molecule has 110 valence electrons. The summed E-state index contributed by atoms with van der Waals surface area (Å²) in [6.07, 6.45) is 1.61. The lowest BCUT2D eigenvalue weighted by molar-refractivity contribution is 0.0448. The van der Waals surface area contributed by atoms with Crippen LogP contribution in [0, 0.1) is 0 Å². The molecule has 1 fully saturated rings. The number of carboxylic acid groups (broad SMARTS) is 1. The van der Waals surface area contributed by atoms with Crippen molar-refractivity contribution in [3.63, 3.8) is 0 Å². The van der Waals surface area contributed by atoms with Gasteiger partial charge in [0.2, 0.25) is 0 Å². The topological polar surface area (TPSA) is 73.7 Å². The predicted molar refractivity (Wildman–Crippen MR) is 80.8 cm³/mol. The number of carboxylic acids is 1. The number of aromatic carboxylic acids is 1. The molecule has 0 bridgehead atoms. The molecule has 0 aliphatic carbocycles. The van der Waals surface area contributed by atoms with Gasteiger partial charge in [-0.3, -0.25) is 0 Å². The minimum absolute atomic E-state index is 0.0360. The van der Waals surface area contributed by atoms with Gasteiger partial charge in [-0.2, -0.15) is 0 Å². The smallest absolute Gasteiger partial charge is 0.354 e. The van der Waals surface area contributed by atoms with Crippen LogP contribution in [0.15, 0.2) is 30.3 Å². The SMILES string of the molecule is CC1(O)CCCN(c2nc(C(=O)O)cc3ccccc23)C1. The summed E-state index contributed by atoms with van der Waals surface area (Å²) in [7, 11) is 0. The number of nitrogens with zero attached hydrogens (tertiary/aromatic N) is 2. The Bertz CT molecular complexity index is 697. The van der Waals surface area contributed by atoms with E-state index < -0.39 is 11.6 Å². The van der Waals surface area contributed by atoms with E-state index in [0.29, 0.717) is 12.4 Å². The number of β-amino-alcohol motifs (C(OH)–C–C–N with tert-alkyl or cyclic N) is 1. The maximum absolute atomic E-state index is 11.3. The van der Waals surface area contributed by atoms with Crippen LogP contribution in [0.3, 0.4) is 0 Å². The number of carbonyl (C=O) groups is 1. The molecule has 2 aromatic rings. The lowest BCUT2D eigenvalue weighted by Crippen LogP contribution is -2.46. The molecule has 1 aliphatic rings. The van der Waals surface area contributed by atoms with E-state index in [0.717, 1.165) is 30.2 Å². The highest BCUT2D eigenvalue weighted by molar-refractivity contribution is 5.98. The quantitative estimate of drug-likeness (QED) is 0.886. The molecule has 1 unspecified atom stereocenters. The summed E-state index contributed by atoms with van der Waals surface area (Å²) in [6.45, 7) is 3.05. The molecule has 1 aromatic heterocycles. The Hall–Kier alpha value is -2.14. The summed E-state index contributed by atoms with van der Waals surface area (Å²) < 4.78 is 0. The van der Waals surface area contributed by atoms with Crippen molar-refractivity contribution >= 4 is 22.6 Å². The van der Waals surface area contributed by atoms with Gasteiger partial charge in [-0.15, -0.1) is 0 Å². The zero-order valence-electron chi connectivity index (χ0n) is 11.9. The number of rotatable bonds is 2. The third-order valence-electron chi connectivity index (χ3n) is 3.91. The first-order chi connectivity index (χ1) is 9.96. The summed E-state index contributed by atoms with van der Waals surface area (Å²) in [5, 5.41) is 21.3. The lowest BCUT2D eigenvalue weighted by atomic mass is 9.95. The van der Waals surface area contributed by atoms with Gasteiger partial charge in [0.05, 0.1) is 5.60 Å². The fraction of sp³-hybridized carbons (Fsp3) is 0.375. The molecular formula is C16H18N2O3. The zero-order valence-corrected chi connectivity index (χ0v) is 11.9. The van der Waals surface area contributed by atoms with Crippen molar-refractivity contribution < 1.29 is 15.0 Å². The summed E-state index contributed by atoms with van der Waals surface area (Å²) in [6, 6.07) is 9.20. The summed E-state index contributed by atoms with van der Waals surface area (Å²) in [4.78, 5) is 17.6. The van der Waals surface area contributed by atoms with Crippen LogP contribution in [0.5, 0.6) is 0 Å². The Morgan fingerprint density at radius 1 is 1.38 bits per heavy atom. The largest absolute Gasteiger partial charge is 0.477 e. The van der Waals surface area contributed by atoms with E-state index in [2.05, 4.69) is 4.98 Å². The summed E-state index contributed by atoms with van der Waals surface area (Å²) in [5.41, 5.74) is -0.728. The maximum atomic E-state index is 11.3. The molecule has 3 rings (SSSR count). The summed E-state index contributed by atoms with van der Waals surface area (Å²) in [5.74, 6) is -0.392. The van der Waals surface area contributed by atoms with Gasteiger partial charge >= 0.3 is 5.97 Å². The van der Waals surface area contributed by atoms with Crippen molar-refractivity contribution in [3.8, 4) is 0 Å². The van der Waals surface area contributed by atoms with Gasteiger partial charge < -0.3 is 15.1 Å². The monoisotopic (exact) mass is 286 g/mol. The number of aromatic nitrogens is 1. The minimum Gasteiger partial charge on any atom is -0.477 e. The Morgan fingerprint density at radius 3 is 2.86 bits per heavy atom. The van der Waals surface area contributed by atoms with Crippen LogP contribution in [0.25, 0.3) is 10.8 Å². The van der Waals surface area contributed by atoms with Crippen molar-refractivity contribution in [2.45, 2.75) is 25.4 Å².